The summed E-state index contributed by atoms with van der Waals surface area (Å²) >= 11 is 0. The van der Waals surface area contributed by atoms with Gasteiger partial charge in [-0.25, -0.2) is 15.0 Å². The molecule has 0 amide bonds. The van der Waals surface area contributed by atoms with Gasteiger partial charge in [0.05, 0.1) is 16.7 Å². The molecule has 13 aromatic rings. The number of fused-ring (bicyclic) bond motifs is 6. The van der Waals surface area contributed by atoms with Gasteiger partial charge in [-0.3, -0.25) is 0 Å². The zero-order valence-electron chi connectivity index (χ0n) is 37.5. The standard InChI is InChI=1S/C65H42N4/c1-6-20-43(21-7-1)44-34-36-50(37-35-44)64-66-63(49-29-14-5-15-30-49)67-65(68-64)56-42-54(45-22-8-2-9-23-45)62(60(48-27-12-4-13-28-48)59(56)47-25-10-3-11-26-47)69-57-39-38-46-24-18-19-33-53(46)61(57)55-40-51-31-16-17-32-52(51)41-58(55)69/h1-42H. The maximum absolute atomic E-state index is 5.49. The van der Waals surface area contributed by atoms with Crippen molar-refractivity contribution >= 4 is 43.4 Å². The van der Waals surface area contributed by atoms with E-state index in [2.05, 4.69) is 235 Å². The second-order valence-electron chi connectivity index (χ2n) is 17.5. The number of benzene rings is 11. The van der Waals surface area contributed by atoms with Gasteiger partial charge in [0.25, 0.3) is 0 Å². The van der Waals surface area contributed by atoms with E-state index in [1.165, 1.54) is 32.3 Å². The molecular formula is C65H42N4. The summed E-state index contributed by atoms with van der Waals surface area (Å²) in [5, 5.41) is 7.25. The Morgan fingerprint density at radius 1 is 0.261 bits per heavy atom. The Bertz CT molecular complexity index is 4020. The van der Waals surface area contributed by atoms with Crippen molar-refractivity contribution in [2.45, 2.75) is 0 Å². The quantitative estimate of drug-likeness (QED) is 0.153. The van der Waals surface area contributed by atoms with Gasteiger partial charge in [-0.05, 0) is 73.6 Å². The normalized spacial score (nSPS) is 11.5. The van der Waals surface area contributed by atoms with E-state index in [-0.39, 0.29) is 0 Å². The van der Waals surface area contributed by atoms with Crippen LogP contribution >= 0.6 is 0 Å². The first-order valence-corrected chi connectivity index (χ1v) is 23.4. The maximum Gasteiger partial charge on any atom is 0.164 e. The monoisotopic (exact) mass is 878 g/mol. The molecule has 0 aliphatic rings. The van der Waals surface area contributed by atoms with E-state index < -0.39 is 0 Å². The molecule has 0 radical (unpaired) electrons. The molecule has 0 unspecified atom stereocenters. The van der Waals surface area contributed by atoms with Gasteiger partial charge in [0, 0.05) is 44.2 Å². The van der Waals surface area contributed by atoms with Crippen molar-refractivity contribution in [1.29, 1.82) is 0 Å². The first-order chi connectivity index (χ1) is 34.2. The van der Waals surface area contributed by atoms with E-state index >= 15 is 0 Å². The minimum Gasteiger partial charge on any atom is -0.308 e. The van der Waals surface area contributed by atoms with Crippen LogP contribution < -0.4 is 0 Å². The fourth-order valence-electron chi connectivity index (χ4n) is 10.2. The summed E-state index contributed by atoms with van der Waals surface area (Å²) in [5.74, 6) is 1.80. The summed E-state index contributed by atoms with van der Waals surface area (Å²) in [5.41, 5.74) is 14.7. The molecule has 0 saturated carbocycles. The Hall–Kier alpha value is -9.25. The van der Waals surface area contributed by atoms with E-state index in [4.69, 9.17) is 15.0 Å². The van der Waals surface area contributed by atoms with Crippen molar-refractivity contribution in [3.05, 3.63) is 255 Å². The van der Waals surface area contributed by atoms with Gasteiger partial charge in [0.1, 0.15) is 0 Å². The summed E-state index contributed by atoms with van der Waals surface area (Å²) in [7, 11) is 0. The maximum atomic E-state index is 5.49. The summed E-state index contributed by atoms with van der Waals surface area (Å²) in [6.45, 7) is 0. The number of hydrogen-bond acceptors (Lipinski definition) is 3. The molecule has 13 rings (SSSR count). The molecule has 0 saturated heterocycles. The largest absolute Gasteiger partial charge is 0.308 e. The molecule has 4 heteroatoms. The van der Waals surface area contributed by atoms with E-state index in [9.17, 15) is 0 Å². The summed E-state index contributed by atoms with van der Waals surface area (Å²) < 4.78 is 2.53. The molecule has 0 fully saturated rings. The second kappa shape index (κ2) is 16.9. The first kappa shape index (κ1) is 40.1. The Balaban J connectivity index is 1.19. The molecule has 0 N–H and O–H groups in total. The zero-order chi connectivity index (χ0) is 45.7. The van der Waals surface area contributed by atoms with Gasteiger partial charge in [-0.15, -0.1) is 0 Å². The lowest BCUT2D eigenvalue weighted by Gasteiger charge is -2.25. The molecule has 2 heterocycles. The predicted molar refractivity (Wildman–Crippen MR) is 287 cm³/mol. The summed E-state index contributed by atoms with van der Waals surface area (Å²) in [6.07, 6.45) is 0. The van der Waals surface area contributed by atoms with Crippen LogP contribution in [-0.2, 0) is 0 Å². The molecule has 0 aliphatic heterocycles. The highest BCUT2D eigenvalue weighted by Gasteiger charge is 2.28. The minimum atomic E-state index is 0.588. The summed E-state index contributed by atoms with van der Waals surface area (Å²) in [4.78, 5) is 16.2. The van der Waals surface area contributed by atoms with Crippen LogP contribution in [0.5, 0.6) is 0 Å². The Labute approximate surface area is 400 Å². The minimum absolute atomic E-state index is 0.588. The highest BCUT2D eigenvalue weighted by molar-refractivity contribution is 6.24. The van der Waals surface area contributed by atoms with Crippen molar-refractivity contribution in [2.75, 3.05) is 0 Å². The molecule has 0 atom stereocenters. The molecule has 0 aliphatic carbocycles. The SMILES string of the molecule is c1ccc(-c2ccc(-c3nc(-c4ccccc4)nc(-c4cc(-c5ccccc5)c(-n5c6cc7ccccc7cc6c6c7ccccc7ccc65)c(-c5ccccc5)c4-c4ccccc4)n3)cc2)cc1. The molecule has 322 valence electrons. The highest BCUT2D eigenvalue weighted by Crippen LogP contribution is 2.50. The van der Waals surface area contributed by atoms with Crippen molar-refractivity contribution < 1.29 is 0 Å². The van der Waals surface area contributed by atoms with Crippen LogP contribution in [0.2, 0.25) is 0 Å². The highest BCUT2D eigenvalue weighted by atomic mass is 15.0. The smallest absolute Gasteiger partial charge is 0.164 e. The third kappa shape index (κ3) is 7.06. The topological polar surface area (TPSA) is 43.6 Å². The molecule has 0 spiro atoms. The third-order valence-electron chi connectivity index (χ3n) is 13.4. The lowest BCUT2D eigenvalue weighted by molar-refractivity contribution is 1.07. The molecule has 69 heavy (non-hydrogen) atoms. The van der Waals surface area contributed by atoms with Crippen LogP contribution in [0.15, 0.2) is 255 Å². The Kier molecular flexibility index (Phi) is 9.80. The predicted octanol–water partition coefficient (Wildman–Crippen LogP) is 16.9. The molecular weight excluding hydrogens is 837 g/mol. The Morgan fingerprint density at radius 3 is 1.33 bits per heavy atom. The lowest BCUT2D eigenvalue weighted by Crippen LogP contribution is -2.06. The number of nitrogens with zero attached hydrogens (tertiary/aromatic N) is 4. The van der Waals surface area contributed by atoms with Crippen LogP contribution in [0, 0.1) is 0 Å². The van der Waals surface area contributed by atoms with Crippen LogP contribution in [0.25, 0.3) is 128 Å². The van der Waals surface area contributed by atoms with E-state index in [1.54, 1.807) is 0 Å². The van der Waals surface area contributed by atoms with Gasteiger partial charge in [-0.2, -0.15) is 0 Å². The molecule has 11 aromatic carbocycles. The van der Waals surface area contributed by atoms with E-state index in [0.29, 0.717) is 17.5 Å². The average molecular weight is 879 g/mol. The van der Waals surface area contributed by atoms with Crippen LogP contribution in [0.1, 0.15) is 0 Å². The third-order valence-corrected chi connectivity index (χ3v) is 13.4. The van der Waals surface area contributed by atoms with Crippen molar-refractivity contribution in [1.82, 2.24) is 19.5 Å². The first-order valence-electron chi connectivity index (χ1n) is 23.4. The fraction of sp³-hybridized carbons (Fsp3) is 0. The van der Waals surface area contributed by atoms with E-state index in [1.807, 2.05) is 24.3 Å². The Morgan fingerprint density at radius 2 is 0.710 bits per heavy atom. The molecule has 0 bridgehead atoms. The van der Waals surface area contributed by atoms with Gasteiger partial charge in [0.2, 0.25) is 0 Å². The molecule has 4 nitrogen and oxygen atoms in total. The fourth-order valence-corrected chi connectivity index (χ4v) is 10.2. The number of hydrogen-bond donors (Lipinski definition) is 0. The van der Waals surface area contributed by atoms with Gasteiger partial charge in [0.15, 0.2) is 17.5 Å². The molecule has 2 aromatic heterocycles. The van der Waals surface area contributed by atoms with E-state index in [0.717, 1.165) is 77.9 Å². The van der Waals surface area contributed by atoms with Crippen molar-refractivity contribution in [3.8, 4) is 84.4 Å². The number of aromatic nitrogens is 4. The van der Waals surface area contributed by atoms with Gasteiger partial charge < -0.3 is 4.57 Å². The zero-order valence-corrected chi connectivity index (χ0v) is 37.5. The van der Waals surface area contributed by atoms with Crippen LogP contribution in [0.3, 0.4) is 0 Å². The second-order valence-corrected chi connectivity index (χ2v) is 17.5. The van der Waals surface area contributed by atoms with Crippen molar-refractivity contribution in [2.24, 2.45) is 0 Å². The van der Waals surface area contributed by atoms with Crippen molar-refractivity contribution in [3.63, 3.8) is 0 Å². The lowest BCUT2D eigenvalue weighted by atomic mass is 9.84. The number of rotatable bonds is 8. The average Bonchev–Trinajstić information content (AvgIpc) is 3.76. The van der Waals surface area contributed by atoms with Gasteiger partial charge >= 0.3 is 0 Å². The van der Waals surface area contributed by atoms with Crippen LogP contribution in [-0.4, -0.2) is 19.5 Å². The van der Waals surface area contributed by atoms with Gasteiger partial charge in [-0.1, -0.05) is 231 Å². The van der Waals surface area contributed by atoms with Crippen LogP contribution in [0.4, 0.5) is 0 Å². The summed E-state index contributed by atoms with van der Waals surface area (Å²) in [6, 6.07) is 90.9.